The number of benzene rings is 1. The van der Waals surface area contributed by atoms with Gasteiger partial charge in [0.15, 0.2) is 17.1 Å². The zero-order valence-electron chi connectivity index (χ0n) is 18.0. The highest BCUT2D eigenvalue weighted by molar-refractivity contribution is 7.89. The highest BCUT2D eigenvalue weighted by Gasteiger charge is 2.33. The summed E-state index contributed by atoms with van der Waals surface area (Å²) in [5.74, 6) is 1.71. The molecule has 0 atom stereocenters. The lowest BCUT2D eigenvalue weighted by Crippen LogP contribution is -2.39. The Morgan fingerprint density at radius 3 is 2.68 bits per heavy atom. The zero-order chi connectivity index (χ0) is 23.3. The average Bonchev–Trinajstić information content (AvgIpc) is 3.48. The number of aromatic nitrogens is 4. The van der Waals surface area contributed by atoms with E-state index in [9.17, 15) is 8.42 Å². The number of fused-ring (bicyclic) bond motifs is 2. The van der Waals surface area contributed by atoms with Crippen LogP contribution in [0.15, 0.2) is 59.9 Å². The smallest absolute Gasteiger partial charge is 0.243 e. The summed E-state index contributed by atoms with van der Waals surface area (Å²) in [4.78, 5) is 13.6. The number of piperidine rings is 1. The molecule has 5 heterocycles. The van der Waals surface area contributed by atoms with Crippen LogP contribution in [0.4, 0.5) is 0 Å². The van der Waals surface area contributed by atoms with Crippen LogP contribution in [0.25, 0.3) is 22.6 Å². The average molecular weight is 498 g/mol. The van der Waals surface area contributed by atoms with Gasteiger partial charge in [-0.1, -0.05) is 11.6 Å². The van der Waals surface area contributed by atoms with Gasteiger partial charge in [0, 0.05) is 49.4 Å². The van der Waals surface area contributed by atoms with E-state index in [1.807, 2.05) is 18.2 Å². The molecule has 11 heteroatoms. The SMILES string of the molecule is O=S(=O)(c1ccc2c(c1)OCO2)N1CCC(n2c(-c3ccncc3Cl)nc3cccnc32)CC1. The van der Waals surface area contributed by atoms with E-state index in [-0.39, 0.29) is 17.7 Å². The van der Waals surface area contributed by atoms with Gasteiger partial charge < -0.3 is 14.0 Å². The van der Waals surface area contributed by atoms with Crippen molar-refractivity contribution in [2.24, 2.45) is 0 Å². The van der Waals surface area contributed by atoms with Crippen molar-refractivity contribution in [1.82, 2.24) is 23.8 Å². The summed E-state index contributed by atoms with van der Waals surface area (Å²) in [5, 5.41) is 0.502. The van der Waals surface area contributed by atoms with Crippen LogP contribution in [0.2, 0.25) is 5.02 Å². The Kier molecular flexibility index (Phi) is 5.16. The molecule has 0 radical (unpaired) electrons. The fourth-order valence-electron chi connectivity index (χ4n) is 4.55. The van der Waals surface area contributed by atoms with Crippen molar-refractivity contribution < 1.29 is 17.9 Å². The predicted octanol–water partition coefficient (Wildman–Crippen LogP) is 3.90. The van der Waals surface area contributed by atoms with Crippen LogP contribution < -0.4 is 9.47 Å². The van der Waals surface area contributed by atoms with Crippen molar-refractivity contribution in [3.63, 3.8) is 0 Å². The second-order valence-corrected chi connectivity index (χ2v) is 10.5. The summed E-state index contributed by atoms with van der Waals surface area (Å²) < 4.78 is 40.9. The predicted molar refractivity (Wildman–Crippen MR) is 125 cm³/mol. The van der Waals surface area contributed by atoms with Gasteiger partial charge >= 0.3 is 0 Å². The standard InChI is InChI=1S/C23H20ClN5O4S/c24-18-13-25-9-5-17(18)22-27-19-2-1-8-26-23(19)29(22)15-6-10-28(11-7-15)34(30,31)16-3-4-20-21(12-16)33-14-32-20/h1-5,8-9,12-13,15H,6-7,10-11,14H2. The van der Waals surface area contributed by atoms with Crippen molar-refractivity contribution in [2.75, 3.05) is 19.9 Å². The van der Waals surface area contributed by atoms with Gasteiger partial charge in [-0.15, -0.1) is 0 Å². The van der Waals surface area contributed by atoms with E-state index in [4.69, 9.17) is 26.1 Å². The van der Waals surface area contributed by atoms with Crippen molar-refractivity contribution in [2.45, 2.75) is 23.8 Å². The van der Waals surface area contributed by atoms with Gasteiger partial charge in [-0.2, -0.15) is 4.31 Å². The maximum atomic E-state index is 13.3. The molecule has 1 aromatic carbocycles. The molecule has 0 saturated carbocycles. The molecule has 4 aromatic rings. The lowest BCUT2D eigenvalue weighted by molar-refractivity contribution is 0.174. The minimum absolute atomic E-state index is 0.0161. The molecule has 2 aliphatic heterocycles. The Morgan fingerprint density at radius 1 is 1.03 bits per heavy atom. The van der Waals surface area contributed by atoms with Crippen LogP contribution in [0.5, 0.6) is 11.5 Å². The third-order valence-electron chi connectivity index (χ3n) is 6.23. The summed E-state index contributed by atoms with van der Waals surface area (Å²) in [6.45, 7) is 0.843. The molecule has 0 spiro atoms. The number of pyridine rings is 2. The molecule has 0 N–H and O–H groups in total. The molecule has 6 rings (SSSR count). The van der Waals surface area contributed by atoms with Gasteiger partial charge in [-0.05, 0) is 43.2 Å². The normalized spacial score (nSPS) is 16.9. The maximum Gasteiger partial charge on any atom is 0.243 e. The van der Waals surface area contributed by atoms with Crippen molar-refractivity contribution in [3.05, 3.63) is 60.0 Å². The van der Waals surface area contributed by atoms with Gasteiger partial charge in [0.05, 0.1) is 9.92 Å². The number of imidazole rings is 1. The molecule has 1 fully saturated rings. The molecule has 0 unspecified atom stereocenters. The number of hydrogen-bond donors (Lipinski definition) is 0. The molecule has 174 valence electrons. The van der Waals surface area contributed by atoms with Crippen molar-refractivity contribution in [1.29, 1.82) is 0 Å². The van der Waals surface area contributed by atoms with Crippen LogP contribution in [-0.4, -0.2) is 52.1 Å². The highest BCUT2D eigenvalue weighted by atomic mass is 35.5. The van der Waals surface area contributed by atoms with Crippen LogP contribution in [0.3, 0.4) is 0 Å². The first-order valence-electron chi connectivity index (χ1n) is 10.8. The molecule has 2 aliphatic rings. The Balaban J connectivity index is 1.31. The third kappa shape index (κ3) is 3.49. The number of halogens is 1. The molecule has 9 nitrogen and oxygen atoms in total. The number of hydrogen-bond acceptors (Lipinski definition) is 7. The number of ether oxygens (including phenoxy) is 2. The topological polar surface area (TPSA) is 99.4 Å². The molecule has 34 heavy (non-hydrogen) atoms. The van der Waals surface area contributed by atoms with Gasteiger partial charge in [-0.25, -0.2) is 18.4 Å². The highest BCUT2D eigenvalue weighted by Crippen LogP contribution is 2.38. The van der Waals surface area contributed by atoms with Crippen LogP contribution in [0, 0.1) is 0 Å². The minimum Gasteiger partial charge on any atom is -0.454 e. The molecule has 3 aromatic heterocycles. The van der Waals surface area contributed by atoms with Crippen LogP contribution >= 0.6 is 11.6 Å². The summed E-state index contributed by atoms with van der Waals surface area (Å²) in [6.07, 6.45) is 6.23. The first-order valence-corrected chi connectivity index (χ1v) is 12.7. The van der Waals surface area contributed by atoms with E-state index in [1.54, 1.807) is 30.7 Å². The second-order valence-electron chi connectivity index (χ2n) is 8.16. The Morgan fingerprint density at radius 2 is 1.85 bits per heavy atom. The van der Waals surface area contributed by atoms with Gasteiger partial charge in [0.1, 0.15) is 11.3 Å². The van der Waals surface area contributed by atoms with Gasteiger partial charge in [0.2, 0.25) is 16.8 Å². The van der Waals surface area contributed by atoms with E-state index in [0.29, 0.717) is 48.3 Å². The van der Waals surface area contributed by atoms with Crippen LogP contribution in [-0.2, 0) is 10.0 Å². The van der Waals surface area contributed by atoms with Gasteiger partial charge in [-0.3, -0.25) is 4.98 Å². The van der Waals surface area contributed by atoms with E-state index < -0.39 is 10.0 Å². The van der Waals surface area contributed by atoms with Crippen molar-refractivity contribution >= 4 is 32.8 Å². The second kappa shape index (κ2) is 8.23. The number of sulfonamides is 1. The monoisotopic (exact) mass is 497 g/mol. The molecule has 1 saturated heterocycles. The summed E-state index contributed by atoms with van der Waals surface area (Å²) in [6, 6.07) is 10.3. The summed E-state index contributed by atoms with van der Waals surface area (Å²) in [7, 11) is -3.66. The molecule has 0 amide bonds. The zero-order valence-corrected chi connectivity index (χ0v) is 19.5. The van der Waals surface area contributed by atoms with E-state index in [1.165, 1.54) is 10.4 Å². The minimum atomic E-state index is -3.66. The van der Waals surface area contributed by atoms with E-state index >= 15 is 0 Å². The summed E-state index contributed by atoms with van der Waals surface area (Å²) in [5.41, 5.74) is 2.29. The van der Waals surface area contributed by atoms with E-state index in [0.717, 1.165) is 16.7 Å². The fourth-order valence-corrected chi connectivity index (χ4v) is 6.24. The lowest BCUT2D eigenvalue weighted by Gasteiger charge is -2.32. The van der Waals surface area contributed by atoms with E-state index in [2.05, 4.69) is 14.5 Å². The van der Waals surface area contributed by atoms with Crippen molar-refractivity contribution in [3.8, 4) is 22.9 Å². The molecule has 0 bridgehead atoms. The first-order chi connectivity index (χ1) is 16.5. The Bertz CT molecular complexity index is 1500. The first kappa shape index (κ1) is 21.3. The summed E-state index contributed by atoms with van der Waals surface area (Å²) >= 11 is 6.45. The number of nitrogens with zero attached hydrogens (tertiary/aromatic N) is 5. The third-order valence-corrected chi connectivity index (χ3v) is 8.43. The Hall–Kier alpha value is -3.21. The number of rotatable bonds is 4. The molecular formula is C23H20ClN5O4S. The maximum absolute atomic E-state index is 13.3. The van der Waals surface area contributed by atoms with Crippen LogP contribution in [0.1, 0.15) is 18.9 Å². The van der Waals surface area contributed by atoms with Gasteiger partial charge in [0.25, 0.3) is 0 Å². The fraction of sp³-hybridized carbons (Fsp3) is 0.261. The quantitative estimate of drug-likeness (QED) is 0.421. The molecular weight excluding hydrogens is 478 g/mol. The largest absolute Gasteiger partial charge is 0.454 e. The Labute approximate surface area is 201 Å². The molecule has 0 aliphatic carbocycles. The lowest BCUT2D eigenvalue weighted by atomic mass is 10.1.